The van der Waals surface area contributed by atoms with Crippen LogP contribution in [0.2, 0.25) is 0 Å². The molecule has 2 unspecified atom stereocenters. The zero-order chi connectivity index (χ0) is 15.8. The minimum absolute atomic E-state index is 0.0900. The van der Waals surface area contributed by atoms with Crippen molar-refractivity contribution in [2.45, 2.75) is 45.2 Å². The Morgan fingerprint density at radius 1 is 1.33 bits per heavy atom. The van der Waals surface area contributed by atoms with Gasteiger partial charge in [0, 0.05) is 11.6 Å². The van der Waals surface area contributed by atoms with Crippen molar-refractivity contribution < 1.29 is 9.18 Å². The van der Waals surface area contributed by atoms with Crippen LogP contribution in [-0.2, 0) is 4.79 Å². The van der Waals surface area contributed by atoms with Crippen LogP contribution in [0.15, 0.2) is 24.3 Å². The number of nitrogens with two attached hydrogens (primary N) is 2. The van der Waals surface area contributed by atoms with Crippen molar-refractivity contribution in [1.29, 1.82) is 0 Å². The van der Waals surface area contributed by atoms with E-state index in [9.17, 15) is 9.18 Å². The molecule has 4 nitrogen and oxygen atoms in total. The first-order valence-electron chi connectivity index (χ1n) is 7.53. The number of halogens is 1. The van der Waals surface area contributed by atoms with E-state index in [2.05, 4.69) is 6.92 Å². The van der Waals surface area contributed by atoms with Gasteiger partial charge in [0.1, 0.15) is 5.82 Å². The Labute approximate surface area is 126 Å². The highest BCUT2D eigenvalue weighted by atomic mass is 19.1. The number of nitrogens with zero attached hydrogens (tertiary/aromatic N) is 1. The van der Waals surface area contributed by atoms with Gasteiger partial charge in [0.05, 0.1) is 12.6 Å². The lowest BCUT2D eigenvalue weighted by Gasteiger charge is -2.35. The maximum Gasteiger partial charge on any atom is 0.231 e. The summed E-state index contributed by atoms with van der Waals surface area (Å²) < 4.78 is 14.2. The molecule has 118 valence electrons. The van der Waals surface area contributed by atoms with E-state index in [0.29, 0.717) is 18.5 Å². The maximum absolute atomic E-state index is 14.2. The van der Waals surface area contributed by atoms with Gasteiger partial charge in [-0.05, 0) is 25.5 Å². The Morgan fingerprint density at radius 2 is 2.00 bits per heavy atom. The second-order valence-electron chi connectivity index (χ2n) is 5.33. The zero-order valence-electron chi connectivity index (χ0n) is 12.9. The fourth-order valence-corrected chi connectivity index (χ4v) is 2.51. The molecule has 0 fully saturated rings. The lowest BCUT2D eigenvalue weighted by Crippen LogP contribution is -2.45. The zero-order valence-corrected chi connectivity index (χ0v) is 12.9. The summed E-state index contributed by atoms with van der Waals surface area (Å²) in [6.45, 7) is 4.79. The van der Waals surface area contributed by atoms with Crippen molar-refractivity contribution in [1.82, 2.24) is 4.90 Å². The van der Waals surface area contributed by atoms with Crippen molar-refractivity contribution in [3.63, 3.8) is 0 Å². The van der Waals surface area contributed by atoms with Crippen molar-refractivity contribution in [3.05, 3.63) is 35.6 Å². The Balaban J connectivity index is 3.13. The topological polar surface area (TPSA) is 72.3 Å². The van der Waals surface area contributed by atoms with Gasteiger partial charge < -0.3 is 11.5 Å². The number of benzene rings is 1. The molecular weight excluding hydrogens is 269 g/mol. The molecule has 0 aromatic heterocycles. The molecule has 1 aromatic carbocycles. The van der Waals surface area contributed by atoms with E-state index < -0.39 is 5.91 Å². The maximum atomic E-state index is 14.2. The molecule has 4 N–H and O–H groups in total. The monoisotopic (exact) mass is 295 g/mol. The summed E-state index contributed by atoms with van der Waals surface area (Å²) in [5.74, 6) is -0.715. The first-order valence-corrected chi connectivity index (χ1v) is 7.53. The number of carbonyl (C=O) groups is 1. The molecule has 0 radical (unpaired) electrons. The summed E-state index contributed by atoms with van der Waals surface area (Å²) in [6, 6.07) is 6.00. The summed E-state index contributed by atoms with van der Waals surface area (Å²) in [7, 11) is 0. The normalized spacial score (nSPS) is 14.1. The van der Waals surface area contributed by atoms with Crippen molar-refractivity contribution in [2.24, 2.45) is 11.5 Å². The number of hydrogen-bond acceptors (Lipinski definition) is 3. The Kier molecular flexibility index (Phi) is 7.32. The minimum atomic E-state index is -0.421. The van der Waals surface area contributed by atoms with E-state index in [1.165, 1.54) is 6.07 Å². The van der Waals surface area contributed by atoms with E-state index in [4.69, 9.17) is 11.5 Å². The van der Waals surface area contributed by atoms with Crippen LogP contribution in [-0.4, -0.2) is 29.9 Å². The number of amides is 1. The van der Waals surface area contributed by atoms with Gasteiger partial charge in [-0.15, -0.1) is 0 Å². The molecule has 2 atom stereocenters. The van der Waals surface area contributed by atoms with Crippen LogP contribution in [0.3, 0.4) is 0 Å². The summed E-state index contributed by atoms with van der Waals surface area (Å²) >= 11 is 0. The third-order valence-electron chi connectivity index (χ3n) is 3.65. The predicted octanol–water partition coefficient (Wildman–Crippen LogP) is 2.19. The Bertz CT molecular complexity index is 453. The van der Waals surface area contributed by atoms with Crippen LogP contribution in [0.1, 0.15) is 44.7 Å². The van der Waals surface area contributed by atoms with Crippen LogP contribution in [0, 0.1) is 5.82 Å². The minimum Gasteiger partial charge on any atom is -0.369 e. The Morgan fingerprint density at radius 3 is 2.52 bits per heavy atom. The van der Waals surface area contributed by atoms with Crippen molar-refractivity contribution in [2.75, 3.05) is 13.1 Å². The van der Waals surface area contributed by atoms with Crippen LogP contribution < -0.4 is 11.5 Å². The van der Waals surface area contributed by atoms with E-state index in [0.717, 1.165) is 12.8 Å². The molecule has 1 rings (SSSR count). The first kappa shape index (κ1) is 17.6. The summed E-state index contributed by atoms with van der Waals surface area (Å²) in [6.07, 6.45) is 2.59. The van der Waals surface area contributed by atoms with Gasteiger partial charge in [0.15, 0.2) is 0 Å². The Hall–Kier alpha value is -1.46. The van der Waals surface area contributed by atoms with Gasteiger partial charge >= 0.3 is 0 Å². The van der Waals surface area contributed by atoms with Gasteiger partial charge in [0.2, 0.25) is 5.91 Å². The summed E-state index contributed by atoms with van der Waals surface area (Å²) in [5.41, 5.74) is 12.1. The number of unbranched alkanes of at least 4 members (excludes halogenated alkanes) is 1. The third kappa shape index (κ3) is 5.10. The predicted molar refractivity (Wildman–Crippen MR) is 83.1 cm³/mol. The lowest BCUT2D eigenvalue weighted by atomic mass is 9.95. The number of carbonyl (C=O) groups excluding carboxylic acids is 1. The molecule has 1 amide bonds. The largest absolute Gasteiger partial charge is 0.369 e. The summed E-state index contributed by atoms with van der Waals surface area (Å²) in [5, 5.41) is 0. The second kappa shape index (κ2) is 8.74. The number of rotatable bonds is 9. The van der Waals surface area contributed by atoms with Crippen LogP contribution in [0.5, 0.6) is 0 Å². The van der Waals surface area contributed by atoms with E-state index in [1.807, 2.05) is 11.8 Å². The molecule has 0 heterocycles. The van der Waals surface area contributed by atoms with E-state index >= 15 is 0 Å². The highest BCUT2D eigenvalue weighted by Crippen LogP contribution is 2.27. The molecule has 0 bridgehead atoms. The average molecular weight is 295 g/mol. The van der Waals surface area contributed by atoms with Gasteiger partial charge in [0.25, 0.3) is 0 Å². The standard InChI is InChI=1S/C16H26FN3O/c1-3-5-10-20(11-15(19)21)16(14(18)4-2)12-8-6-7-9-13(12)17/h6-9,14,16H,3-5,10-11,18H2,1-2H3,(H2,19,21). The van der Waals surface area contributed by atoms with Gasteiger partial charge in [-0.25, -0.2) is 4.39 Å². The number of hydrogen-bond donors (Lipinski definition) is 2. The fourth-order valence-electron chi connectivity index (χ4n) is 2.51. The van der Waals surface area contributed by atoms with Crippen LogP contribution in [0.25, 0.3) is 0 Å². The molecule has 0 spiro atoms. The fraction of sp³-hybridized carbons (Fsp3) is 0.562. The highest BCUT2D eigenvalue weighted by Gasteiger charge is 2.28. The molecule has 0 saturated heterocycles. The smallest absolute Gasteiger partial charge is 0.231 e. The van der Waals surface area contributed by atoms with Gasteiger partial charge in [-0.1, -0.05) is 38.5 Å². The van der Waals surface area contributed by atoms with Crippen LogP contribution >= 0.6 is 0 Å². The van der Waals surface area contributed by atoms with Crippen molar-refractivity contribution >= 4 is 5.91 Å². The van der Waals surface area contributed by atoms with Crippen LogP contribution in [0.4, 0.5) is 4.39 Å². The van der Waals surface area contributed by atoms with E-state index in [-0.39, 0.29) is 24.4 Å². The van der Waals surface area contributed by atoms with Crippen molar-refractivity contribution in [3.8, 4) is 0 Å². The average Bonchev–Trinajstić information content (AvgIpc) is 2.45. The molecule has 5 heteroatoms. The van der Waals surface area contributed by atoms with E-state index in [1.54, 1.807) is 18.2 Å². The molecule has 1 aromatic rings. The second-order valence-corrected chi connectivity index (χ2v) is 5.33. The quantitative estimate of drug-likeness (QED) is 0.733. The summed E-state index contributed by atoms with van der Waals surface area (Å²) in [4.78, 5) is 13.3. The lowest BCUT2D eigenvalue weighted by molar-refractivity contribution is -0.119. The highest BCUT2D eigenvalue weighted by molar-refractivity contribution is 5.76. The SMILES string of the molecule is CCCCN(CC(N)=O)C(c1ccccc1F)C(N)CC. The first-order chi connectivity index (χ1) is 10.0. The molecule has 0 aliphatic heterocycles. The van der Waals surface area contributed by atoms with Gasteiger partial charge in [-0.2, -0.15) is 0 Å². The molecule has 0 aliphatic rings. The third-order valence-corrected chi connectivity index (χ3v) is 3.65. The molecule has 21 heavy (non-hydrogen) atoms. The molecule has 0 saturated carbocycles. The molecular formula is C16H26FN3O. The van der Waals surface area contributed by atoms with Gasteiger partial charge in [-0.3, -0.25) is 9.69 Å². The number of primary amides is 1. The molecule has 0 aliphatic carbocycles.